The number of nitrogens with two attached hydrogens (primary N) is 1. The number of rotatable bonds is 2. The van der Waals surface area contributed by atoms with Crippen molar-refractivity contribution in [1.82, 2.24) is 14.5 Å². The van der Waals surface area contributed by atoms with Crippen LogP contribution in [0.1, 0.15) is 19.3 Å². The van der Waals surface area contributed by atoms with Gasteiger partial charge in [0.15, 0.2) is 5.65 Å². The van der Waals surface area contributed by atoms with Gasteiger partial charge in [-0.1, -0.05) is 6.42 Å². The Morgan fingerprint density at radius 2 is 2.39 bits per heavy atom. The Morgan fingerprint density at radius 1 is 1.50 bits per heavy atom. The number of pyridine rings is 1. The third-order valence-electron chi connectivity index (χ3n) is 3.24. The Morgan fingerprint density at radius 3 is 3.17 bits per heavy atom. The van der Waals surface area contributed by atoms with E-state index in [1.807, 2.05) is 22.4 Å². The number of nitrogen functional groups attached to an aromatic ring is 1. The second-order valence-electron chi connectivity index (χ2n) is 4.57. The van der Waals surface area contributed by atoms with E-state index in [2.05, 4.69) is 25.9 Å². The number of hydrogen-bond acceptors (Lipinski definition) is 4. The Hall–Kier alpha value is -0.750. The summed E-state index contributed by atoms with van der Waals surface area (Å²) >= 11 is 5.45. The van der Waals surface area contributed by atoms with Crippen LogP contribution in [0.4, 0.5) is 5.95 Å². The van der Waals surface area contributed by atoms with Gasteiger partial charge in [0.05, 0.1) is 0 Å². The molecule has 6 heteroatoms. The van der Waals surface area contributed by atoms with E-state index >= 15 is 0 Å². The lowest BCUT2D eigenvalue weighted by atomic mass is 10.2. The Balaban J connectivity index is 1.92. The smallest absolute Gasteiger partial charge is 0.202 e. The number of hydrogen-bond donors (Lipinski definition) is 1. The minimum absolute atomic E-state index is 0.571. The van der Waals surface area contributed by atoms with Crippen LogP contribution in [0.15, 0.2) is 16.7 Å². The Kier molecular flexibility index (Phi) is 3.48. The molecule has 4 nitrogen and oxygen atoms in total. The van der Waals surface area contributed by atoms with Crippen LogP contribution in [0.2, 0.25) is 0 Å². The molecular weight excluding hydrogens is 312 g/mol. The summed E-state index contributed by atoms with van der Waals surface area (Å²) in [6.45, 7) is 0.918. The highest BCUT2D eigenvalue weighted by molar-refractivity contribution is 9.10. The van der Waals surface area contributed by atoms with Crippen molar-refractivity contribution in [1.29, 1.82) is 0 Å². The minimum Gasteiger partial charge on any atom is -0.369 e. The molecule has 0 bridgehead atoms. The minimum atomic E-state index is 0.571. The van der Waals surface area contributed by atoms with Crippen LogP contribution in [-0.2, 0) is 6.54 Å². The normalized spacial score (nSPS) is 20.4. The van der Waals surface area contributed by atoms with E-state index in [-0.39, 0.29) is 0 Å². The molecule has 0 amide bonds. The highest BCUT2D eigenvalue weighted by Crippen LogP contribution is 2.28. The summed E-state index contributed by atoms with van der Waals surface area (Å²) in [5.41, 5.74) is 7.76. The van der Waals surface area contributed by atoms with Gasteiger partial charge in [-0.3, -0.25) is 4.57 Å². The first-order valence-electron chi connectivity index (χ1n) is 6.13. The van der Waals surface area contributed by atoms with Gasteiger partial charge in [-0.05, 0) is 40.6 Å². The summed E-state index contributed by atoms with van der Waals surface area (Å²) in [6.07, 6.45) is 5.73. The highest BCUT2D eigenvalue weighted by Gasteiger charge is 2.18. The molecule has 2 aromatic heterocycles. The second kappa shape index (κ2) is 5.09. The fraction of sp³-hybridized carbons (Fsp3) is 0.500. The van der Waals surface area contributed by atoms with Gasteiger partial charge in [0.1, 0.15) is 5.52 Å². The van der Waals surface area contributed by atoms with Crippen molar-refractivity contribution in [2.75, 3.05) is 11.5 Å². The molecule has 0 radical (unpaired) electrons. The number of aromatic nitrogens is 3. The van der Waals surface area contributed by atoms with E-state index in [0.29, 0.717) is 11.2 Å². The van der Waals surface area contributed by atoms with Crippen molar-refractivity contribution in [2.24, 2.45) is 0 Å². The maximum atomic E-state index is 6.01. The molecule has 1 aliphatic rings. The van der Waals surface area contributed by atoms with Gasteiger partial charge < -0.3 is 5.73 Å². The number of fused-ring (bicyclic) bond motifs is 1. The van der Waals surface area contributed by atoms with Crippen molar-refractivity contribution in [3.05, 3.63) is 16.7 Å². The van der Waals surface area contributed by atoms with E-state index in [0.717, 1.165) is 22.2 Å². The molecule has 2 N–H and O–H groups in total. The fourth-order valence-corrected chi connectivity index (χ4v) is 3.95. The molecule has 3 rings (SSSR count). The molecule has 1 aliphatic heterocycles. The van der Waals surface area contributed by atoms with Gasteiger partial charge >= 0.3 is 0 Å². The average Bonchev–Trinajstić information content (AvgIpc) is 2.66. The van der Waals surface area contributed by atoms with Crippen molar-refractivity contribution in [3.8, 4) is 0 Å². The molecule has 3 heterocycles. The predicted octanol–water partition coefficient (Wildman–Crippen LogP) is 3.06. The summed E-state index contributed by atoms with van der Waals surface area (Å²) in [5, 5.41) is 0.642. The van der Waals surface area contributed by atoms with E-state index in [1.54, 1.807) is 6.20 Å². The lowest BCUT2D eigenvalue weighted by Crippen LogP contribution is -2.18. The van der Waals surface area contributed by atoms with E-state index in [4.69, 9.17) is 5.73 Å². The van der Waals surface area contributed by atoms with Crippen molar-refractivity contribution in [2.45, 2.75) is 31.1 Å². The zero-order valence-corrected chi connectivity index (χ0v) is 12.4. The second-order valence-corrected chi connectivity index (χ2v) is 6.89. The molecule has 0 aliphatic carbocycles. The van der Waals surface area contributed by atoms with Gasteiger partial charge in [0.2, 0.25) is 5.95 Å². The summed E-state index contributed by atoms with van der Waals surface area (Å²) in [5.74, 6) is 1.83. The molecule has 1 atom stereocenters. The van der Waals surface area contributed by atoms with Crippen LogP contribution in [0.3, 0.4) is 0 Å². The summed E-state index contributed by atoms with van der Waals surface area (Å²) in [6, 6.07) is 1.96. The van der Waals surface area contributed by atoms with Crippen molar-refractivity contribution < 1.29 is 0 Å². The van der Waals surface area contributed by atoms with E-state index in [9.17, 15) is 0 Å². The monoisotopic (exact) mass is 326 g/mol. The maximum absolute atomic E-state index is 6.01. The molecule has 18 heavy (non-hydrogen) atoms. The number of halogens is 1. The summed E-state index contributed by atoms with van der Waals surface area (Å²) in [7, 11) is 0. The number of nitrogens with zero attached hydrogens (tertiary/aromatic N) is 3. The lowest BCUT2D eigenvalue weighted by Gasteiger charge is -2.22. The number of imidazole rings is 1. The lowest BCUT2D eigenvalue weighted by molar-refractivity contribution is 0.593. The van der Waals surface area contributed by atoms with Gasteiger partial charge in [0.25, 0.3) is 0 Å². The van der Waals surface area contributed by atoms with Crippen LogP contribution in [0, 0.1) is 0 Å². The van der Waals surface area contributed by atoms with Crippen LogP contribution in [0.5, 0.6) is 0 Å². The topological polar surface area (TPSA) is 56.7 Å². The van der Waals surface area contributed by atoms with Crippen molar-refractivity contribution >= 4 is 44.8 Å². The quantitative estimate of drug-likeness (QED) is 0.921. The molecule has 1 fully saturated rings. The van der Waals surface area contributed by atoms with E-state index in [1.165, 1.54) is 25.0 Å². The molecule has 0 saturated carbocycles. The van der Waals surface area contributed by atoms with Crippen molar-refractivity contribution in [3.63, 3.8) is 0 Å². The maximum Gasteiger partial charge on any atom is 0.202 e. The van der Waals surface area contributed by atoms with Gasteiger partial charge in [-0.15, -0.1) is 0 Å². The molecular formula is C12H15BrN4S. The molecule has 1 saturated heterocycles. The zero-order chi connectivity index (χ0) is 12.5. The first-order valence-corrected chi connectivity index (χ1v) is 7.97. The first-order chi connectivity index (χ1) is 8.74. The van der Waals surface area contributed by atoms with Crippen LogP contribution >= 0.6 is 27.7 Å². The summed E-state index contributed by atoms with van der Waals surface area (Å²) < 4.78 is 2.98. The summed E-state index contributed by atoms with van der Waals surface area (Å²) in [4.78, 5) is 8.81. The SMILES string of the molecule is Nc1nc2cc(Br)cnc2n1CC1CCCCS1. The fourth-order valence-electron chi connectivity index (χ4n) is 2.34. The Labute approximate surface area is 118 Å². The number of thioether (sulfide) groups is 1. The predicted molar refractivity (Wildman–Crippen MR) is 79.7 cm³/mol. The molecule has 96 valence electrons. The third-order valence-corrected chi connectivity index (χ3v) is 5.06. The molecule has 1 unspecified atom stereocenters. The zero-order valence-electron chi connectivity index (χ0n) is 9.97. The average molecular weight is 327 g/mol. The van der Waals surface area contributed by atoms with Gasteiger partial charge in [-0.25, -0.2) is 9.97 Å². The molecule has 0 aromatic carbocycles. The first kappa shape index (κ1) is 12.3. The van der Waals surface area contributed by atoms with E-state index < -0.39 is 0 Å². The molecule has 2 aromatic rings. The van der Waals surface area contributed by atoms with Crippen LogP contribution < -0.4 is 5.73 Å². The van der Waals surface area contributed by atoms with Crippen LogP contribution in [-0.4, -0.2) is 25.5 Å². The largest absolute Gasteiger partial charge is 0.369 e. The Bertz CT molecular complexity index is 562. The highest BCUT2D eigenvalue weighted by atomic mass is 79.9. The number of anilines is 1. The van der Waals surface area contributed by atoms with Crippen LogP contribution in [0.25, 0.3) is 11.2 Å². The van der Waals surface area contributed by atoms with Gasteiger partial charge in [-0.2, -0.15) is 11.8 Å². The van der Waals surface area contributed by atoms with Gasteiger partial charge in [0, 0.05) is 22.5 Å². The third kappa shape index (κ3) is 2.36. The molecule has 0 spiro atoms. The standard InChI is InChI=1S/C12H15BrN4S/c13-8-5-10-11(15-6-8)17(12(14)16-10)7-9-3-1-2-4-18-9/h5-6,9H,1-4,7H2,(H2,14,16).